The summed E-state index contributed by atoms with van der Waals surface area (Å²) in [6.45, 7) is 4.45. The van der Waals surface area contributed by atoms with Gasteiger partial charge < -0.3 is 24.3 Å². The zero-order valence-electron chi connectivity index (χ0n) is 17.4. The molecule has 2 aromatic rings. The first-order valence-corrected chi connectivity index (χ1v) is 9.74. The molecule has 0 aromatic heterocycles. The molecule has 0 bridgehead atoms. The van der Waals surface area contributed by atoms with Crippen molar-refractivity contribution in [2.24, 2.45) is 5.10 Å². The normalized spacial score (nSPS) is 10.4. The van der Waals surface area contributed by atoms with Gasteiger partial charge in [0, 0.05) is 7.05 Å². The average molecular weight is 430 g/mol. The number of benzene rings is 2. The second-order valence-electron chi connectivity index (χ2n) is 6.03. The SMILES string of the molecule is C=CCc1ccc(OCCOc2ccc(C=NNC(=S)NC)cc2OC)c(OC)c1. The first kappa shape index (κ1) is 23.0. The lowest BCUT2D eigenvalue weighted by atomic mass is 10.1. The van der Waals surface area contributed by atoms with Crippen molar-refractivity contribution in [3.8, 4) is 23.0 Å². The van der Waals surface area contributed by atoms with Crippen LogP contribution < -0.4 is 29.7 Å². The quantitative estimate of drug-likeness (QED) is 0.187. The number of thiocarbonyl (C=S) groups is 1. The minimum absolute atomic E-state index is 0.347. The Bertz CT molecular complexity index is 887. The molecule has 0 atom stereocenters. The van der Waals surface area contributed by atoms with Crippen molar-refractivity contribution in [1.82, 2.24) is 10.7 Å². The molecule has 8 heteroatoms. The fourth-order valence-corrected chi connectivity index (χ4v) is 2.59. The maximum Gasteiger partial charge on any atom is 0.186 e. The van der Waals surface area contributed by atoms with E-state index in [4.69, 9.17) is 31.2 Å². The van der Waals surface area contributed by atoms with E-state index in [9.17, 15) is 0 Å². The Balaban J connectivity index is 1.91. The maximum atomic E-state index is 5.81. The molecule has 2 N–H and O–H groups in total. The lowest BCUT2D eigenvalue weighted by Gasteiger charge is -2.14. The molecule has 160 valence electrons. The van der Waals surface area contributed by atoms with Crippen LogP contribution >= 0.6 is 12.2 Å². The van der Waals surface area contributed by atoms with Crippen LogP contribution in [0, 0.1) is 0 Å². The highest BCUT2D eigenvalue weighted by Gasteiger charge is 2.08. The summed E-state index contributed by atoms with van der Waals surface area (Å²) in [6, 6.07) is 11.3. The van der Waals surface area contributed by atoms with Gasteiger partial charge in [0.2, 0.25) is 0 Å². The van der Waals surface area contributed by atoms with E-state index in [0.29, 0.717) is 41.3 Å². The van der Waals surface area contributed by atoms with Crippen LogP contribution in [-0.2, 0) is 6.42 Å². The fraction of sp³-hybridized carbons (Fsp3) is 0.273. The molecule has 0 heterocycles. The molecule has 7 nitrogen and oxygen atoms in total. The Labute approximate surface area is 182 Å². The van der Waals surface area contributed by atoms with Gasteiger partial charge in [0.25, 0.3) is 0 Å². The topological polar surface area (TPSA) is 73.3 Å². The van der Waals surface area contributed by atoms with Gasteiger partial charge in [0.15, 0.2) is 28.1 Å². The van der Waals surface area contributed by atoms with Crippen molar-refractivity contribution in [2.45, 2.75) is 6.42 Å². The monoisotopic (exact) mass is 429 g/mol. The molecule has 2 rings (SSSR count). The molecular formula is C22H27N3O4S. The van der Waals surface area contributed by atoms with E-state index >= 15 is 0 Å². The van der Waals surface area contributed by atoms with Gasteiger partial charge in [0.05, 0.1) is 20.4 Å². The van der Waals surface area contributed by atoms with Crippen LogP contribution in [-0.4, -0.2) is 45.8 Å². The van der Waals surface area contributed by atoms with Crippen LogP contribution in [0.5, 0.6) is 23.0 Å². The van der Waals surface area contributed by atoms with Crippen molar-refractivity contribution in [1.29, 1.82) is 0 Å². The van der Waals surface area contributed by atoms with Gasteiger partial charge in [-0.05, 0) is 60.1 Å². The molecule has 0 fully saturated rings. The number of nitrogens with zero attached hydrogens (tertiary/aromatic N) is 1. The van der Waals surface area contributed by atoms with Crippen LogP contribution in [0.2, 0.25) is 0 Å². The number of allylic oxidation sites excluding steroid dienone is 1. The lowest BCUT2D eigenvalue weighted by molar-refractivity contribution is 0.206. The highest BCUT2D eigenvalue weighted by Crippen LogP contribution is 2.29. The fourth-order valence-electron chi connectivity index (χ4n) is 2.53. The summed E-state index contributed by atoms with van der Waals surface area (Å²) in [6.07, 6.45) is 4.27. The summed E-state index contributed by atoms with van der Waals surface area (Å²) in [5, 5.41) is 7.26. The number of ether oxygens (including phenoxy) is 4. The summed E-state index contributed by atoms with van der Waals surface area (Å²) >= 11 is 4.96. The van der Waals surface area contributed by atoms with Crippen molar-refractivity contribution < 1.29 is 18.9 Å². The summed E-state index contributed by atoms with van der Waals surface area (Å²) < 4.78 is 22.4. The predicted molar refractivity (Wildman–Crippen MR) is 123 cm³/mol. The third kappa shape index (κ3) is 6.97. The van der Waals surface area contributed by atoms with Crippen LogP contribution in [0.3, 0.4) is 0 Å². The zero-order chi connectivity index (χ0) is 21.8. The van der Waals surface area contributed by atoms with Gasteiger partial charge in [-0.25, -0.2) is 0 Å². The van der Waals surface area contributed by atoms with Gasteiger partial charge >= 0.3 is 0 Å². The van der Waals surface area contributed by atoms with Gasteiger partial charge in [-0.15, -0.1) is 6.58 Å². The molecule has 0 aliphatic carbocycles. The van der Waals surface area contributed by atoms with E-state index in [2.05, 4.69) is 22.4 Å². The maximum absolute atomic E-state index is 5.81. The van der Waals surface area contributed by atoms with E-state index in [0.717, 1.165) is 17.5 Å². The second-order valence-corrected chi connectivity index (χ2v) is 6.44. The lowest BCUT2D eigenvalue weighted by Crippen LogP contribution is -2.28. The summed E-state index contributed by atoms with van der Waals surface area (Å²) in [4.78, 5) is 0. The van der Waals surface area contributed by atoms with Crippen molar-refractivity contribution in [3.63, 3.8) is 0 Å². The highest BCUT2D eigenvalue weighted by molar-refractivity contribution is 7.80. The molecule has 30 heavy (non-hydrogen) atoms. The first-order valence-electron chi connectivity index (χ1n) is 9.33. The van der Waals surface area contributed by atoms with Gasteiger partial charge in [-0.3, -0.25) is 5.43 Å². The Morgan fingerprint density at radius 1 is 1.00 bits per heavy atom. The van der Waals surface area contributed by atoms with Gasteiger partial charge in [-0.1, -0.05) is 12.1 Å². The molecule has 0 saturated heterocycles. The number of nitrogens with one attached hydrogen (secondary N) is 2. The number of hydrogen-bond donors (Lipinski definition) is 2. The Kier molecular flexibility index (Phi) is 9.47. The van der Waals surface area contributed by atoms with Crippen molar-refractivity contribution in [2.75, 3.05) is 34.5 Å². The van der Waals surface area contributed by atoms with E-state index in [-0.39, 0.29) is 0 Å². The van der Waals surface area contributed by atoms with Crippen molar-refractivity contribution in [3.05, 3.63) is 60.2 Å². The average Bonchev–Trinajstić information content (AvgIpc) is 2.77. The largest absolute Gasteiger partial charge is 0.493 e. The summed E-state index contributed by atoms with van der Waals surface area (Å²) in [5.41, 5.74) is 4.65. The molecule has 0 aliphatic rings. The second kappa shape index (κ2) is 12.3. The minimum atomic E-state index is 0.347. The third-order valence-electron chi connectivity index (χ3n) is 4.00. The molecule has 2 aromatic carbocycles. The van der Waals surface area contributed by atoms with Crippen LogP contribution in [0.4, 0.5) is 0 Å². The molecule has 0 radical (unpaired) electrons. The van der Waals surface area contributed by atoms with Crippen LogP contribution in [0.25, 0.3) is 0 Å². The number of hydrogen-bond acceptors (Lipinski definition) is 6. The molecule has 0 unspecified atom stereocenters. The number of hydrazone groups is 1. The van der Waals surface area contributed by atoms with Gasteiger partial charge in [-0.2, -0.15) is 5.10 Å². The van der Waals surface area contributed by atoms with E-state index in [1.165, 1.54) is 0 Å². The molecule has 0 amide bonds. The number of rotatable bonds is 11. The van der Waals surface area contributed by atoms with E-state index in [1.54, 1.807) is 27.5 Å². The van der Waals surface area contributed by atoms with Crippen LogP contribution in [0.1, 0.15) is 11.1 Å². The summed E-state index contributed by atoms with van der Waals surface area (Å²) in [7, 11) is 4.93. The molecular weight excluding hydrogens is 402 g/mol. The molecule has 0 saturated carbocycles. The Morgan fingerprint density at radius 3 is 2.23 bits per heavy atom. The third-order valence-corrected chi connectivity index (χ3v) is 4.30. The predicted octanol–water partition coefficient (Wildman–Crippen LogP) is 3.32. The standard InChI is InChI=1S/C22H27N3O4S/c1-5-6-16-7-9-18(20(13-16)26-3)28-11-12-29-19-10-8-17(14-21(19)27-4)15-24-25-22(30)23-2/h5,7-10,13-15H,1,6,11-12H2,2-4H3,(H2,23,25,30). The smallest absolute Gasteiger partial charge is 0.186 e. The Hall–Kier alpha value is -3.26. The highest BCUT2D eigenvalue weighted by atomic mass is 32.1. The van der Waals surface area contributed by atoms with Crippen LogP contribution in [0.15, 0.2) is 54.2 Å². The summed E-state index contributed by atoms with van der Waals surface area (Å²) in [5.74, 6) is 2.56. The van der Waals surface area contributed by atoms with E-state index < -0.39 is 0 Å². The molecule has 0 spiro atoms. The molecule has 0 aliphatic heterocycles. The first-order chi connectivity index (χ1) is 14.6. The zero-order valence-corrected chi connectivity index (χ0v) is 18.3. The van der Waals surface area contributed by atoms with E-state index in [1.807, 2.05) is 42.5 Å². The van der Waals surface area contributed by atoms with Gasteiger partial charge in [0.1, 0.15) is 13.2 Å². The Morgan fingerprint density at radius 2 is 1.63 bits per heavy atom. The number of methoxy groups -OCH3 is 2. The minimum Gasteiger partial charge on any atom is -0.493 e. The van der Waals surface area contributed by atoms with Crippen molar-refractivity contribution >= 4 is 23.5 Å².